The third-order valence-corrected chi connectivity index (χ3v) is 4.08. The van der Waals surface area contributed by atoms with Crippen LogP contribution in [-0.2, 0) is 4.74 Å². The molecule has 1 heterocycles. The monoisotopic (exact) mass is 262 g/mol. The molecule has 1 aromatic rings. The van der Waals surface area contributed by atoms with Gasteiger partial charge in [-0.2, -0.15) is 0 Å². The van der Waals surface area contributed by atoms with Crippen LogP contribution in [0, 0.1) is 0 Å². The van der Waals surface area contributed by atoms with Crippen molar-refractivity contribution in [3.63, 3.8) is 0 Å². The van der Waals surface area contributed by atoms with Crippen LogP contribution in [-0.4, -0.2) is 32.8 Å². The van der Waals surface area contributed by atoms with Gasteiger partial charge in [0.25, 0.3) is 0 Å². The Hall–Kier alpha value is -1.06. The molecule has 1 aliphatic heterocycles. The van der Waals surface area contributed by atoms with Crippen LogP contribution < -0.4 is 10.2 Å². The van der Waals surface area contributed by atoms with Crippen molar-refractivity contribution in [2.75, 3.05) is 31.7 Å². The van der Waals surface area contributed by atoms with Gasteiger partial charge in [-0.15, -0.1) is 0 Å². The topological polar surface area (TPSA) is 24.5 Å². The van der Waals surface area contributed by atoms with E-state index in [1.807, 2.05) is 7.05 Å². The van der Waals surface area contributed by atoms with E-state index in [4.69, 9.17) is 4.74 Å². The fraction of sp³-hybridized carbons (Fsp3) is 0.625. The van der Waals surface area contributed by atoms with Crippen molar-refractivity contribution < 1.29 is 4.74 Å². The summed E-state index contributed by atoms with van der Waals surface area (Å²) >= 11 is 0. The number of rotatable bonds is 5. The van der Waals surface area contributed by atoms with Gasteiger partial charge in [0.05, 0.1) is 19.3 Å². The molecule has 1 saturated heterocycles. The van der Waals surface area contributed by atoms with E-state index >= 15 is 0 Å². The van der Waals surface area contributed by atoms with Crippen LogP contribution >= 0.6 is 0 Å². The third-order valence-electron chi connectivity index (χ3n) is 4.08. The molecule has 0 aliphatic carbocycles. The molecule has 2 atom stereocenters. The molecular formula is C16H26N2O. The third kappa shape index (κ3) is 3.28. The Labute approximate surface area is 116 Å². The Kier molecular flexibility index (Phi) is 5.23. The van der Waals surface area contributed by atoms with Crippen LogP contribution in [0.3, 0.4) is 0 Å². The number of nitrogens with one attached hydrogen (secondary N) is 1. The van der Waals surface area contributed by atoms with Crippen LogP contribution in [0.15, 0.2) is 24.3 Å². The molecule has 1 N–H and O–H groups in total. The lowest BCUT2D eigenvalue weighted by Gasteiger charge is -2.37. The number of nitrogens with zero attached hydrogens (tertiary/aromatic N) is 1. The first-order chi connectivity index (χ1) is 9.30. The Bertz CT molecular complexity index is 373. The summed E-state index contributed by atoms with van der Waals surface area (Å²) in [5, 5.41) is 3.35. The van der Waals surface area contributed by atoms with Crippen LogP contribution in [0.25, 0.3) is 0 Å². The molecule has 3 heteroatoms. The van der Waals surface area contributed by atoms with Crippen molar-refractivity contribution in [3.8, 4) is 0 Å². The zero-order valence-electron chi connectivity index (χ0n) is 12.4. The zero-order chi connectivity index (χ0) is 13.7. The van der Waals surface area contributed by atoms with Gasteiger partial charge in [0.2, 0.25) is 0 Å². The second kappa shape index (κ2) is 6.92. The van der Waals surface area contributed by atoms with E-state index in [0.717, 1.165) is 32.6 Å². The van der Waals surface area contributed by atoms with Gasteiger partial charge in [-0.05, 0) is 37.6 Å². The molecule has 0 spiro atoms. The van der Waals surface area contributed by atoms with E-state index in [0.29, 0.717) is 12.1 Å². The van der Waals surface area contributed by atoms with Gasteiger partial charge in [0, 0.05) is 18.3 Å². The second-order valence-electron chi connectivity index (χ2n) is 5.17. The molecule has 1 fully saturated rings. The molecule has 1 aromatic carbocycles. The Morgan fingerprint density at radius 1 is 1.32 bits per heavy atom. The van der Waals surface area contributed by atoms with E-state index in [9.17, 15) is 0 Å². The normalized spacial score (nSPS) is 21.4. The smallest absolute Gasteiger partial charge is 0.0670 e. The number of anilines is 1. The Morgan fingerprint density at radius 3 is 2.63 bits per heavy atom. The first kappa shape index (κ1) is 14.4. The molecule has 0 saturated carbocycles. The molecule has 3 nitrogen and oxygen atoms in total. The van der Waals surface area contributed by atoms with Crippen LogP contribution in [0.2, 0.25) is 0 Å². The summed E-state index contributed by atoms with van der Waals surface area (Å²) in [5.74, 6) is 0. The molecule has 2 rings (SSSR count). The quantitative estimate of drug-likeness (QED) is 0.883. The first-order valence-electron chi connectivity index (χ1n) is 7.41. The van der Waals surface area contributed by atoms with Crippen LogP contribution in [0.1, 0.15) is 38.3 Å². The van der Waals surface area contributed by atoms with Gasteiger partial charge in [0.15, 0.2) is 0 Å². The molecule has 1 aliphatic rings. The van der Waals surface area contributed by atoms with Crippen molar-refractivity contribution in [1.82, 2.24) is 5.32 Å². The molecule has 2 unspecified atom stereocenters. The molecule has 0 bridgehead atoms. The fourth-order valence-electron chi connectivity index (χ4n) is 2.84. The van der Waals surface area contributed by atoms with Gasteiger partial charge in [-0.1, -0.05) is 26.0 Å². The molecule has 0 aromatic heterocycles. The van der Waals surface area contributed by atoms with E-state index in [-0.39, 0.29) is 0 Å². The number of morpholine rings is 1. The van der Waals surface area contributed by atoms with Crippen molar-refractivity contribution in [1.29, 1.82) is 0 Å². The summed E-state index contributed by atoms with van der Waals surface area (Å²) in [4.78, 5) is 2.48. The number of ether oxygens (including phenoxy) is 1. The van der Waals surface area contributed by atoms with Gasteiger partial charge in [-0.25, -0.2) is 0 Å². The van der Waals surface area contributed by atoms with Crippen molar-refractivity contribution in [2.24, 2.45) is 0 Å². The summed E-state index contributed by atoms with van der Waals surface area (Å²) in [6.45, 7) is 7.14. The first-order valence-corrected chi connectivity index (χ1v) is 7.41. The lowest BCUT2D eigenvalue weighted by Crippen LogP contribution is -2.45. The summed E-state index contributed by atoms with van der Waals surface area (Å²) in [7, 11) is 2.02. The second-order valence-corrected chi connectivity index (χ2v) is 5.17. The SMILES string of the molecule is CCC(NC)c1ccc(N2CCOCC2CC)cc1. The molecular weight excluding hydrogens is 236 g/mol. The summed E-state index contributed by atoms with van der Waals surface area (Å²) < 4.78 is 5.57. The van der Waals surface area contributed by atoms with E-state index in [1.165, 1.54) is 11.3 Å². The van der Waals surface area contributed by atoms with E-state index in [1.54, 1.807) is 0 Å². The lowest BCUT2D eigenvalue weighted by atomic mass is 10.0. The highest BCUT2D eigenvalue weighted by Crippen LogP contribution is 2.24. The zero-order valence-corrected chi connectivity index (χ0v) is 12.4. The number of hydrogen-bond acceptors (Lipinski definition) is 3. The highest BCUT2D eigenvalue weighted by atomic mass is 16.5. The highest BCUT2D eigenvalue weighted by Gasteiger charge is 2.21. The minimum absolute atomic E-state index is 0.459. The minimum atomic E-state index is 0.459. The molecule has 19 heavy (non-hydrogen) atoms. The maximum absolute atomic E-state index is 5.57. The largest absolute Gasteiger partial charge is 0.377 e. The average Bonchev–Trinajstić information content (AvgIpc) is 2.49. The van der Waals surface area contributed by atoms with E-state index < -0.39 is 0 Å². The van der Waals surface area contributed by atoms with Crippen LogP contribution in [0.4, 0.5) is 5.69 Å². The fourth-order valence-corrected chi connectivity index (χ4v) is 2.84. The Balaban J connectivity index is 2.12. The summed E-state index contributed by atoms with van der Waals surface area (Å²) in [5.41, 5.74) is 2.69. The van der Waals surface area contributed by atoms with Crippen molar-refractivity contribution in [2.45, 2.75) is 38.8 Å². The number of benzene rings is 1. The number of hydrogen-bond donors (Lipinski definition) is 1. The maximum Gasteiger partial charge on any atom is 0.0670 e. The van der Waals surface area contributed by atoms with Gasteiger partial charge in [0.1, 0.15) is 0 Å². The van der Waals surface area contributed by atoms with Gasteiger partial charge >= 0.3 is 0 Å². The average molecular weight is 262 g/mol. The molecule has 0 radical (unpaired) electrons. The van der Waals surface area contributed by atoms with E-state index in [2.05, 4.69) is 48.3 Å². The van der Waals surface area contributed by atoms with Gasteiger partial charge in [-0.3, -0.25) is 0 Å². The Morgan fingerprint density at radius 2 is 2.05 bits per heavy atom. The lowest BCUT2D eigenvalue weighted by molar-refractivity contribution is 0.0930. The molecule has 0 amide bonds. The predicted octanol–water partition coefficient (Wildman–Crippen LogP) is 2.97. The predicted molar refractivity (Wildman–Crippen MR) is 80.8 cm³/mol. The highest BCUT2D eigenvalue weighted by molar-refractivity contribution is 5.49. The standard InChI is InChI=1S/C16H26N2O/c1-4-14-12-19-11-10-18(14)15-8-6-13(7-9-15)16(5-2)17-3/h6-9,14,16-17H,4-5,10-12H2,1-3H3. The van der Waals surface area contributed by atoms with Crippen LogP contribution in [0.5, 0.6) is 0 Å². The van der Waals surface area contributed by atoms with Crippen molar-refractivity contribution in [3.05, 3.63) is 29.8 Å². The molecule has 106 valence electrons. The summed E-state index contributed by atoms with van der Waals surface area (Å²) in [6, 6.07) is 9.99. The minimum Gasteiger partial charge on any atom is -0.377 e. The maximum atomic E-state index is 5.57. The van der Waals surface area contributed by atoms with Crippen molar-refractivity contribution >= 4 is 5.69 Å². The van der Waals surface area contributed by atoms with Gasteiger partial charge < -0.3 is 15.0 Å². The summed E-state index contributed by atoms with van der Waals surface area (Å²) in [6.07, 6.45) is 2.25.